The third-order valence-electron chi connectivity index (χ3n) is 4.75. The van der Waals surface area contributed by atoms with Gasteiger partial charge in [-0.25, -0.2) is 4.68 Å². The summed E-state index contributed by atoms with van der Waals surface area (Å²) in [6.45, 7) is 4.70. The van der Waals surface area contributed by atoms with Crippen LogP contribution in [0.4, 0.5) is 0 Å². The van der Waals surface area contributed by atoms with Gasteiger partial charge in [-0.3, -0.25) is 14.5 Å². The van der Waals surface area contributed by atoms with E-state index in [1.165, 1.54) is 18.4 Å². The molecule has 2 aromatic heterocycles. The maximum Gasteiger partial charge on any atom is 0.199 e. The molecule has 1 fully saturated rings. The van der Waals surface area contributed by atoms with E-state index < -0.39 is 0 Å². The Labute approximate surface area is 158 Å². The summed E-state index contributed by atoms with van der Waals surface area (Å²) in [6.07, 6.45) is 5.98. The van der Waals surface area contributed by atoms with Crippen molar-refractivity contribution < 1.29 is 0 Å². The molecular weight excluding hydrogens is 342 g/mol. The van der Waals surface area contributed by atoms with Crippen LogP contribution < -0.4 is 0 Å². The van der Waals surface area contributed by atoms with E-state index in [2.05, 4.69) is 45.6 Å². The number of nitrogens with zero attached hydrogens (tertiary/aromatic N) is 5. The Kier molecular flexibility index (Phi) is 4.95. The molecule has 26 heavy (non-hydrogen) atoms. The van der Waals surface area contributed by atoms with Crippen LogP contribution in [0.15, 0.2) is 54.9 Å². The van der Waals surface area contributed by atoms with E-state index in [9.17, 15) is 0 Å². The van der Waals surface area contributed by atoms with Crippen LogP contribution >= 0.6 is 12.2 Å². The minimum atomic E-state index is 0.489. The Hall–Kier alpha value is -2.31. The van der Waals surface area contributed by atoms with Crippen molar-refractivity contribution in [2.75, 3.05) is 6.54 Å². The molecule has 0 radical (unpaired) electrons. The van der Waals surface area contributed by atoms with Gasteiger partial charge in [-0.1, -0.05) is 37.3 Å². The Morgan fingerprint density at radius 2 is 1.85 bits per heavy atom. The van der Waals surface area contributed by atoms with E-state index in [1.807, 2.05) is 35.3 Å². The highest BCUT2D eigenvalue weighted by atomic mass is 32.1. The quantitative estimate of drug-likeness (QED) is 0.586. The lowest BCUT2D eigenvalue weighted by molar-refractivity contribution is 0.207. The van der Waals surface area contributed by atoms with Crippen LogP contribution in [0.25, 0.3) is 11.4 Å². The molecule has 0 amide bonds. The fraction of sp³-hybridized carbons (Fsp3) is 0.350. The molecule has 5 nitrogen and oxygen atoms in total. The van der Waals surface area contributed by atoms with E-state index >= 15 is 0 Å². The van der Waals surface area contributed by atoms with Crippen LogP contribution in [0.3, 0.4) is 0 Å². The van der Waals surface area contributed by atoms with Gasteiger partial charge in [0.25, 0.3) is 0 Å². The standard InChI is InChI=1S/C20H23N5S/c1-2-23(14-16-6-4-3-5-7-16)15-24-20(26)25(18-8-9-18)19(22-24)17-10-12-21-13-11-17/h3-7,10-13,18H,2,8-9,14-15H2,1H3. The second-order valence-corrected chi connectivity index (χ2v) is 7.08. The summed E-state index contributed by atoms with van der Waals surface area (Å²) in [7, 11) is 0. The molecule has 1 aromatic carbocycles. The second kappa shape index (κ2) is 7.51. The van der Waals surface area contributed by atoms with Gasteiger partial charge in [-0.2, -0.15) is 5.10 Å². The molecule has 0 aliphatic heterocycles. The van der Waals surface area contributed by atoms with E-state index in [0.717, 1.165) is 29.2 Å². The molecule has 0 unspecified atom stereocenters. The molecule has 2 heterocycles. The molecule has 3 aromatic rings. The SMILES string of the molecule is CCN(Cc1ccccc1)Cn1nc(-c2ccncc2)n(C2CC2)c1=S. The molecule has 0 N–H and O–H groups in total. The Morgan fingerprint density at radius 1 is 1.12 bits per heavy atom. The van der Waals surface area contributed by atoms with Gasteiger partial charge >= 0.3 is 0 Å². The number of aromatic nitrogens is 4. The largest absolute Gasteiger partial charge is 0.297 e. The van der Waals surface area contributed by atoms with Crippen LogP contribution in [0.5, 0.6) is 0 Å². The van der Waals surface area contributed by atoms with E-state index in [1.54, 1.807) is 0 Å². The van der Waals surface area contributed by atoms with E-state index in [-0.39, 0.29) is 0 Å². The van der Waals surface area contributed by atoms with Crippen molar-refractivity contribution in [1.29, 1.82) is 0 Å². The normalized spacial score (nSPS) is 14.1. The number of hydrogen-bond donors (Lipinski definition) is 0. The van der Waals surface area contributed by atoms with Crippen molar-refractivity contribution in [2.24, 2.45) is 0 Å². The van der Waals surface area contributed by atoms with Crippen molar-refractivity contribution in [2.45, 2.75) is 39.0 Å². The average Bonchev–Trinajstić information content (AvgIpc) is 3.47. The third-order valence-corrected chi connectivity index (χ3v) is 5.16. The topological polar surface area (TPSA) is 38.9 Å². The van der Waals surface area contributed by atoms with Gasteiger partial charge in [0.1, 0.15) is 0 Å². The van der Waals surface area contributed by atoms with Gasteiger partial charge in [0.15, 0.2) is 10.6 Å². The molecule has 0 atom stereocenters. The smallest absolute Gasteiger partial charge is 0.199 e. The number of benzene rings is 1. The summed E-state index contributed by atoms with van der Waals surface area (Å²) >= 11 is 5.78. The maximum atomic E-state index is 5.78. The van der Waals surface area contributed by atoms with Crippen molar-refractivity contribution in [3.63, 3.8) is 0 Å². The van der Waals surface area contributed by atoms with Crippen LogP contribution in [-0.4, -0.2) is 30.8 Å². The molecular formula is C20H23N5S. The summed E-state index contributed by atoms with van der Waals surface area (Å²) in [5, 5.41) is 4.88. The molecule has 134 valence electrons. The zero-order chi connectivity index (χ0) is 17.9. The number of hydrogen-bond acceptors (Lipinski definition) is 4. The lowest BCUT2D eigenvalue weighted by atomic mass is 10.2. The van der Waals surface area contributed by atoms with Gasteiger partial charge in [0.05, 0.1) is 6.67 Å². The predicted octanol–water partition coefficient (Wildman–Crippen LogP) is 4.29. The van der Waals surface area contributed by atoms with Crippen molar-refractivity contribution >= 4 is 12.2 Å². The second-order valence-electron chi connectivity index (χ2n) is 6.71. The number of rotatable bonds is 7. The zero-order valence-corrected chi connectivity index (χ0v) is 15.8. The molecule has 0 bridgehead atoms. The van der Waals surface area contributed by atoms with Gasteiger partial charge in [-0.05, 0) is 49.3 Å². The maximum absolute atomic E-state index is 5.78. The van der Waals surface area contributed by atoms with Gasteiger partial charge in [0, 0.05) is 30.5 Å². The van der Waals surface area contributed by atoms with Crippen molar-refractivity contribution in [1.82, 2.24) is 24.2 Å². The molecule has 1 aliphatic carbocycles. The van der Waals surface area contributed by atoms with Gasteiger partial charge in [-0.15, -0.1) is 0 Å². The summed E-state index contributed by atoms with van der Waals surface area (Å²) in [5.41, 5.74) is 2.37. The molecule has 1 aliphatic rings. The van der Waals surface area contributed by atoms with Crippen LogP contribution in [0, 0.1) is 4.77 Å². The van der Waals surface area contributed by atoms with Crippen LogP contribution in [-0.2, 0) is 13.2 Å². The molecule has 0 spiro atoms. The van der Waals surface area contributed by atoms with Crippen LogP contribution in [0.1, 0.15) is 31.4 Å². The Bertz CT molecular complexity index is 912. The lowest BCUT2D eigenvalue weighted by Gasteiger charge is -2.20. The Balaban J connectivity index is 1.63. The molecule has 6 heteroatoms. The number of pyridine rings is 1. The first-order valence-electron chi connectivity index (χ1n) is 9.12. The van der Waals surface area contributed by atoms with Gasteiger partial charge in [0.2, 0.25) is 0 Å². The van der Waals surface area contributed by atoms with Crippen molar-refractivity contribution in [3.05, 3.63) is 65.2 Å². The average molecular weight is 366 g/mol. The first-order chi connectivity index (χ1) is 12.8. The molecule has 1 saturated carbocycles. The first kappa shape index (κ1) is 17.1. The summed E-state index contributed by atoms with van der Waals surface area (Å²) in [5.74, 6) is 0.954. The van der Waals surface area contributed by atoms with Gasteiger partial charge < -0.3 is 0 Å². The fourth-order valence-corrected chi connectivity index (χ4v) is 3.50. The highest BCUT2D eigenvalue weighted by Gasteiger charge is 2.29. The molecule has 4 rings (SSSR count). The summed E-state index contributed by atoms with van der Waals surface area (Å²) in [4.78, 5) is 6.47. The predicted molar refractivity (Wildman–Crippen MR) is 105 cm³/mol. The third kappa shape index (κ3) is 3.61. The fourth-order valence-electron chi connectivity index (χ4n) is 3.16. The Morgan fingerprint density at radius 3 is 2.50 bits per heavy atom. The zero-order valence-electron chi connectivity index (χ0n) is 15.0. The first-order valence-corrected chi connectivity index (χ1v) is 9.53. The highest BCUT2D eigenvalue weighted by molar-refractivity contribution is 7.71. The minimum Gasteiger partial charge on any atom is -0.297 e. The summed E-state index contributed by atoms with van der Waals surface area (Å²) in [6, 6.07) is 15.0. The monoisotopic (exact) mass is 365 g/mol. The van der Waals surface area contributed by atoms with E-state index in [4.69, 9.17) is 17.3 Å². The lowest BCUT2D eigenvalue weighted by Crippen LogP contribution is -2.26. The minimum absolute atomic E-state index is 0.489. The van der Waals surface area contributed by atoms with Crippen LogP contribution in [0.2, 0.25) is 0 Å². The summed E-state index contributed by atoms with van der Waals surface area (Å²) < 4.78 is 5.00. The van der Waals surface area contributed by atoms with E-state index in [0.29, 0.717) is 12.7 Å². The molecule has 0 saturated heterocycles. The highest BCUT2D eigenvalue weighted by Crippen LogP contribution is 2.38. The van der Waals surface area contributed by atoms with Crippen molar-refractivity contribution in [3.8, 4) is 11.4 Å².